The number of nitrogens with zero attached hydrogens (tertiary/aromatic N) is 2. The zero-order valence-electron chi connectivity index (χ0n) is 10.5. The largest absolute Gasteiger partial charge is 0.264 e. The number of hydrogen-bond acceptors (Lipinski definition) is 2. The van der Waals surface area contributed by atoms with Gasteiger partial charge in [-0.05, 0) is 62.4 Å². The molecule has 0 aliphatic heterocycles. The molecule has 0 saturated heterocycles. The molecule has 88 valence electrons. The monoisotopic (exact) mass is 226 g/mol. The summed E-state index contributed by atoms with van der Waals surface area (Å²) in [5.74, 6) is 0. The van der Waals surface area contributed by atoms with Crippen LogP contribution in [-0.2, 0) is 12.8 Å². The van der Waals surface area contributed by atoms with E-state index in [0.29, 0.717) is 0 Å². The van der Waals surface area contributed by atoms with Gasteiger partial charge < -0.3 is 0 Å². The van der Waals surface area contributed by atoms with Gasteiger partial charge in [0.1, 0.15) is 0 Å². The van der Waals surface area contributed by atoms with Gasteiger partial charge in [-0.1, -0.05) is 6.07 Å². The Morgan fingerprint density at radius 1 is 1.00 bits per heavy atom. The number of hydrogen-bond donors (Lipinski definition) is 0. The van der Waals surface area contributed by atoms with Crippen LogP contribution >= 0.6 is 0 Å². The Bertz CT molecular complexity index is 457. The zero-order valence-corrected chi connectivity index (χ0v) is 10.5. The average Bonchev–Trinajstić information content (AvgIpc) is 2.29. The lowest BCUT2D eigenvalue weighted by atomic mass is 10.0. The van der Waals surface area contributed by atoms with E-state index in [1.54, 1.807) is 0 Å². The first-order valence-corrected chi connectivity index (χ1v) is 6.07. The summed E-state index contributed by atoms with van der Waals surface area (Å²) in [6.45, 7) is 4.11. The summed E-state index contributed by atoms with van der Waals surface area (Å²) in [5.41, 5.74) is 4.93. The molecule has 2 aromatic rings. The second kappa shape index (κ2) is 5.58. The van der Waals surface area contributed by atoms with Gasteiger partial charge in [0.25, 0.3) is 0 Å². The summed E-state index contributed by atoms with van der Waals surface area (Å²) in [7, 11) is 0. The molecular formula is C15H18N2. The third kappa shape index (κ3) is 3.66. The maximum Gasteiger partial charge on any atom is 0.0378 e. The molecule has 2 nitrogen and oxygen atoms in total. The minimum atomic E-state index is 1.09. The van der Waals surface area contributed by atoms with Crippen molar-refractivity contribution in [2.24, 2.45) is 0 Å². The smallest absolute Gasteiger partial charge is 0.0378 e. The highest BCUT2D eigenvalue weighted by atomic mass is 14.7. The fraction of sp³-hybridized carbons (Fsp3) is 0.333. The first kappa shape index (κ1) is 11.8. The molecule has 0 radical (unpaired) electrons. The van der Waals surface area contributed by atoms with E-state index in [1.807, 2.05) is 18.5 Å². The fourth-order valence-electron chi connectivity index (χ4n) is 2.11. The Labute approximate surface area is 103 Å². The van der Waals surface area contributed by atoms with E-state index in [1.165, 1.54) is 11.1 Å². The molecule has 0 spiro atoms. The quantitative estimate of drug-likeness (QED) is 0.799. The SMILES string of the molecule is Cc1cc(CCCc2cccnc2)cc(C)n1. The molecule has 0 N–H and O–H groups in total. The van der Waals surface area contributed by atoms with Gasteiger partial charge in [-0.25, -0.2) is 0 Å². The maximum absolute atomic E-state index is 4.39. The summed E-state index contributed by atoms with van der Waals surface area (Å²) in [6.07, 6.45) is 7.13. The van der Waals surface area contributed by atoms with Crippen molar-refractivity contribution in [2.75, 3.05) is 0 Å². The molecule has 0 fully saturated rings. The highest BCUT2D eigenvalue weighted by Gasteiger charge is 1.98. The summed E-state index contributed by atoms with van der Waals surface area (Å²) in [6, 6.07) is 8.48. The van der Waals surface area contributed by atoms with Crippen LogP contribution < -0.4 is 0 Å². The normalized spacial score (nSPS) is 10.5. The molecule has 2 heterocycles. The number of pyridine rings is 2. The molecule has 17 heavy (non-hydrogen) atoms. The molecule has 0 unspecified atom stereocenters. The van der Waals surface area contributed by atoms with Crippen molar-refractivity contribution in [1.82, 2.24) is 9.97 Å². The van der Waals surface area contributed by atoms with Crippen LogP contribution in [0.1, 0.15) is 28.9 Å². The maximum atomic E-state index is 4.39. The number of aromatic nitrogens is 2. The van der Waals surface area contributed by atoms with Gasteiger partial charge in [-0.2, -0.15) is 0 Å². The second-order valence-electron chi connectivity index (χ2n) is 4.47. The number of rotatable bonds is 4. The minimum Gasteiger partial charge on any atom is -0.264 e. The number of aryl methyl sites for hydroxylation is 4. The van der Waals surface area contributed by atoms with E-state index < -0.39 is 0 Å². The Balaban J connectivity index is 1.90. The van der Waals surface area contributed by atoms with Gasteiger partial charge >= 0.3 is 0 Å². The predicted octanol–water partition coefficient (Wildman–Crippen LogP) is 3.27. The lowest BCUT2D eigenvalue weighted by Crippen LogP contribution is -1.94. The molecule has 0 atom stereocenters. The van der Waals surface area contributed by atoms with E-state index in [-0.39, 0.29) is 0 Å². The van der Waals surface area contributed by atoms with Crippen LogP contribution in [-0.4, -0.2) is 9.97 Å². The minimum absolute atomic E-state index is 1.09. The first-order valence-electron chi connectivity index (χ1n) is 6.07. The van der Waals surface area contributed by atoms with Gasteiger partial charge in [0.15, 0.2) is 0 Å². The summed E-state index contributed by atoms with van der Waals surface area (Å²) in [5, 5.41) is 0. The van der Waals surface area contributed by atoms with Crippen LogP contribution in [0.2, 0.25) is 0 Å². The van der Waals surface area contributed by atoms with Gasteiger partial charge in [0, 0.05) is 23.8 Å². The predicted molar refractivity (Wildman–Crippen MR) is 70.0 cm³/mol. The topological polar surface area (TPSA) is 25.8 Å². The second-order valence-corrected chi connectivity index (χ2v) is 4.47. The van der Waals surface area contributed by atoms with Crippen molar-refractivity contribution in [3.05, 3.63) is 59.2 Å². The summed E-state index contributed by atoms with van der Waals surface area (Å²) < 4.78 is 0. The highest BCUT2D eigenvalue weighted by molar-refractivity contribution is 5.20. The van der Waals surface area contributed by atoms with E-state index in [4.69, 9.17) is 0 Å². The van der Waals surface area contributed by atoms with E-state index in [2.05, 4.69) is 42.0 Å². The van der Waals surface area contributed by atoms with Crippen molar-refractivity contribution in [3.8, 4) is 0 Å². The van der Waals surface area contributed by atoms with E-state index >= 15 is 0 Å². The Hall–Kier alpha value is -1.70. The molecule has 0 aliphatic carbocycles. The standard InChI is InChI=1S/C15H18N2/c1-12-9-15(10-13(2)17-12)6-3-5-14-7-4-8-16-11-14/h4,7-11H,3,5-6H2,1-2H3. The van der Waals surface area contributed by atoms with Crippen LogP contribution in [0.5, 0.6) is 0 Å². The van der Waals surface area contributed by atoms with Crippen molar-refractivity contribution in [1.29, 1.82) is 0 Å². The molecule has 0 bridgehead atoms. The van der Waals surface area contributed by atoms with Gasteiger partial charge in [0.2, 0.25) is 0 Å². The van der Waals surface area contributed by atoms with Gasteiger partial charge in [-0.3, -0.25) is 9.97 Å². The molecule has 0 saturated carbocycles. The third-order valence-electron chi connectivity index (χ3n) is 2.79. The van der Waals surface area contributed by atoms with Crippen LogP contribution in [0, 0.1) is 13.8 Å². The van der Waals surface area contributed by atoms with E-state index in [0.717, 1.165) is 30.7 Å². The molecule has 2 rings (SSSR count). The average molecular weight is 226 g/mol. The van der Waals surface area contributed by atoms with Gasteiger partial charge in [-0.15, -0.1) is 0 Å². The first-order chi connectivity index (χ1) is 8.24. The summed E-state index contributed by atoms with van der Waals surface area (Å²) >= 11 is 0. The zero-order chi connectivity index (χ0) is 12.1. The lowest BCUT2D eigenvalue weighted by Gasteiger charge is -2.04. The molecule has 0 amide bonds. The Kier molecular flexibility index (Phi) is 3.86. The summed E-state index contributed by atoms with van der Waals surface area (Å²) in [4.78, 5) is 8.52. The Morgan fingerprint density at radius 2 is 1.71 bits per heavy atom. The van der Waals surface area contributed by atoms with Crippen LogP contribution in [0.3, 0.4) is 0 Å². The van der Waals surface area contributed by atoms with Crippen LogP contribution in [0.15, 0.2) is 36.7 Å². The van der Waals surface area contributed by atoms with Gasteiger partial charge in [0.05, 0.1) is 0 Å². The van der Waals surface area contributed by atoms with E-state index in [9.17, 15) is 0 Å². The third-order valence-corrected chi connectivity index (χ3v) is 2.79. The van der Waals surface area contributed by atoms with Crippen molar-refractivity contribution < 1.29 is 0 Å². The van der Waals surface area contributed by atoms with Crippen molar-refractivity contribution in [3.63, 3.8) is 0 Å². The van der Waals surface area contributed by atoms with Crippen molar-refractivity contribution >= 4 is 0 Å². The molecular weight excluding hydrogens is 208 g/mol. The molecule has 2 aromatic heterocycles. The molecule has 0 aromatic carbocycles. The van der Waals surface area contributed by atoms with Crippen LogP contribution in [0.4, 0.5) is 0 Å². The lowest BCUT2D eigenvalue weighted by molar-refractivity contribution is 0.812. The highest BCUT2D eigenvalue weighted by Crippen LogP contribution is 2.10. The fourth-order valence-corrected chi connectivity index (χ4v) is 2.11. The van der Waals surface area contributed by atoms with Crippen LogP contribution in [0.25, 0.3) is 0 Å². The Morgan fingerprint density at radius 3 is 2.35 bits per heavy atom. The molecule has 0 aliphatic rings. The molecule has 2 heteroatoms. The van der Waals surface area contributed by atoms with Crippen molar-refractivity contribution in [2.45, 2.75) is 33.1 Å².